The summed E-state index contributed by atoms with van der Waals surface area (Å²) in [6.07, 6.45) is 0. The highest BCUT2D eigenvalue weighted by Gasteiger charge is 2.14. The number of rotatable bonds is 7. The lowest BCUT2D eigenvalue weighted by atomic mass is 10.2. The van der Waals surface area contributed by atoms with Crippen LogP contribution < -0.4 is 4.74 Å². The molecule has 4 rings (SSSR count). The molecule has 8 nitrogen and oxygen atoms in total. The zero-order chi connectivity index (χ0) is 20.2. The lowest BCUT2D eigenvalue weighted by Crippen LogP contribution is -2.05. The number of thiophene rings is 1. The van der Waals surface area contributed by atoms with Crippen LogP contribution in [-0.4, -0.2) is 21.3 Å². The highest BCUT2D eigenvalue weighted by Crippen LogP contribution is 2.20. The van der Waals surface area contributed by atoms with Gasteiger partial charge in [-0.1, -0.05) is 10.3 Å². The summed E-state index contributed by atoms with van der Waals surface area (Å²) in [6, 6.07) is 8.57. The number of esters is 1. The van der Waals surface area contributed by atoms with Crippen LogP contribution >= 0.6 is 11.3 Å². The number of aromatic nitrogens is 3. The highest BCUT2D eigenvalue weighted by atomic mass is 32.1. The van der Waals surface area contributed by atoms with Crippen LogP contribution in [0.25, 0.3) is 11.4 Å². The molecule has 29 heavy (non-hydrogen) atoms. The van der Waals surface area contributed by atoms with Gasteiger partial charge in [0.2, 0.25) is 5.82 Å². The van der Waals surface area contributed by atoms with Crippen LogP contribution in [0.4, 0.5) is 0 Å². The first-order valence-electron chi connectivity index (χ1n) is 8.77. The van der Waals surface area contributed by atoms with Gasteiger partial charge >= 0.3 is 5.97 Å². The number of carbonyl (C=O) groups is 1. The predicted octanol–water partition coefficient (Wildman–Crippen LogP) is 4.34. The first-order valence-corrected chi connectivity index (χ1v) is 9.71. The fraction of sp³-hybridized carbons (Fsp3) is 0.200. The molecule has 0 aliphatic heterocycles. The average Bonchev–Trinajstić information content (AvgIpc) is 3.47. The van der Waals surface area contributed by atoms with E-state index in [2.05, 4.69) is 15.3 Å². The van der Waals surface area contributed by atoms with E-state index in [9.17, 15) is 4.79 Å². The van der Waals surface area contributed by atoms with Crippen molar-refractivity contribution >= 4 is 17.3 Å². The van der Waals surface area contributed by atoms with Crippen molar-refractivity contribution in [2.75, 3.05) is 0 Å². The molecule has 3 heterocycles. The topological polar surface area (TPSA) is 100 Å². The number of benzene rings is 1. The van der Waals surface area contributed by atoms with E-state index in [1.165, 1.54) is 11.3 Å². The zero-order valence-corrected chi connectivity index (χ0v) is 16.6. The van der Waals surface area contributed by atoms with Gasteiger partial charge < -0.3 is 18.5 Å². The molecular formula is C20H17N3O5S. The van der Waals surface area contributed by atoms with Gasteiger partial charge in [0.15, 0.2) is 6.61 Å². The Bertz CT molecular complexity index is 1080. The zero-order valence-electron chi connectivity index (χ0n) is 15.7. The van der Waals surface area contributed by atoms with Crippen molar-refractivity contribution in [2.45, 2.75) is 27.1 Å². The Balaban J connectivity index is 1.31. The van der Waals surface area contributed by atoms with Crippen molar-refractivity contribution in [3.8, 4) is 17.1 Å². The quantitative estimate of drug-likeness (QED) is 0.414. The third kappa shape index (κ3) is 4.35. The lowest BCUT2D eigenvalue weighted by molar-refractivity contribution is 0.0430. The number of ether oxygens (including phenoxy) is 2. The summed E-state index contributed by atoms with van der Waals surface area (Å²) in [7, 11) is 0. The Morgan fingerprint density at radius 3 is 2.59 bits per heavy atom. The Labute approximate surface area is 170 Å². The molecule has 0 atom stereocenters. The molecule has 0 N–H and O–H groups in total. The first kappa shape index (κ1) is 18.9. The SMILES string of the molecule is Cc1noc(C)c1COc1ccc(C(=O)OCc2nc(-c3ccsc3)no2)cc1. The predicted molar refractivity (Wildman–Crippen MR) is 103 cm³/mol. The first-order chi connectivity index (χ1) is 14.1. The maximum absolute atomic E-state index is 12.2. The fourth-order valence-corrected chi connectivity index (χ4v) is 3.22. The van der Waals surface area contributed by atoms with Gasteiger partial charge in [-0.15, -0.1) is 0 Å². The van der Waals surface area contributed by atoms with Crippen LogP contribution in [0.3, 0.4) is 0 Å². The monoisotopic (exact) mass is 411 g/mol. The third-order valence-electron chi connectivity index (χ3n) is 4.23. The second-order valence-electron chi connectivity index (χ2n) is 6.22. The minimum atomic E-state index is -0.488. The molecule has 0 radical (unpaired) electrons. The summed E-state index contributed by atoms with van der Waals surface area (Å²) in [5.74, 6) is 1.57. The second kappa shape index (κ2) is 8.27. The van der Waals surface area contributed by atoms with E-state index in [0.717, 1.165) is 22.6 Å². The molecule has 0 aliphatic carbocycles. The smallest absolute Gasteiger partial charge is 0.338 e. The van der Waals surface area contributed by atoms with Crippen molar-refractivity contribution < 1.29 is 23.3 Å². The Morgan fingerprint density at radius 2 is 1.90 bits per heavy atom. The van der Waals surface area contributed by atoms with E-state index in [0.29, 0.717) is 23.7 Å². The number of aryl methyl sites for hydroxylation is 2. The molecule has 0 saturated carbocycles. The van der Waals surface area contributed by atoms with Crippen LogP contribution in [0.15, 0.2) is 50.1 Å². The highest BCUT2D eigenvalue weighted by molar-refractivity contribution is 7.08. The summed E-state index contributed by atoms with van der Waals surface area (Å²) < 4.78 is 21.2. The molecule has 3 aromatic heterocycles. The van der Waals surface area contributed by atoms with Crippen LogP contribution in [0.1, 0.15) is 33.3 Å². The molecule has 0 amide bonds. The molecule has 1 aromatic carbocycles. The molecular weight excluding hydrogens is 394 g/mol. The summed E-state index contributed by atoms with van der Waals surface area (Å²) in [6.45, 7) is 3.94. The maximum Gasteiger partial charge on any atom is 0.338 e. The number of hydrogen-bond donors (Lipinski definition) is 0. The molecule has 0 saturated heterocycles. The average molecular weight is 411 g/mol. The van der Waals surface area contributed by atoms with Gasteiger partial charge in [0.1, 0.15) is 18.1 Å². The summed E-state index contributed by atoms with van der Waals surface area (Å²) in [5.41, 5.74) is 2.97. The van der Waals surface area contributed by atoms with E-state index in [4.69, 9.17) is 18.5 Å². The molecule has 0 spiro atoms. The van der Waals surface area contributed by atoms with Gasteiger partial charge in [0.05, 0.1) is 16.8 Å². The van der Waals surface area contributed by atoms with Gasteiger partial charge in [-0.05, 0) is 49.6 Å². The molecule has 0 bridgehead atoms. The normalized spacial score (nSPS) is 10.8. The largest absolute Gasteiger partial charge is 0.489 e. The standard InChI is InChI=1S/C20H17N3O5S/c1-12-17(13(2)27-22-12)9-25-16-5-3-14(4-6-16)20(24)26-10-18-21-19(23-28-18)15-7-8-29-11-15/h3-8,11H,9-10H2,1-2H3. The second-order valence-corrected chi connectivity index (χ2v) is 7.00. The van der Waals surface area contributed by atoms with Crippen LogP contribution in [0.5, 0.6) is 5.75 Å². The maximum atomic E-state index is 12.2. The molecule has 9 heteroatoms. The van der Waals surface area contributed by atoms with Gasteiger partial charge in [0, 0.05) is 10.9 Å². The van der Waals surface area contributed by atoms with E-state index >= 15 is 0 Å². The summed E-state index contributed by atoms with van der Waals surface area (Å²) in [4.78, 5) is 16.4. The van der Waals surface area contributed by atoms with Gasteiger partial charge in [-0.2, -0.15) is 16.3 Å². The summed E-state index contributed by atoms with van der Waals surface area (Å²) >= 11 is 1.54. The van der Waals surface area contributed by atoms with E-state index in [-0.39, 0.29) is 12.5 Å². The minimum Gasteiger partial charge on any atom is -0.489 e. The molecule has 148 valence electrons. The van der Waals surface area contributed by atoms with Crippen molar-refractivity contribution in [3.63, 3.8) is 0 Å². The number of nitrogens with zero attached hydrogens (tertiary/aromatic N) is 3. The number of hydrogen-bond acceptors (Lipinski definition) is 9. The van der Waals surface area contributed by atoms with E-state index < -0.39 is 5.97 Å². The van der Waals surface area contributed by atoms with Crippen molar-refractivity contribution in [1.82, 2.24) is 15.3 Å². The van der Waals surface area contributed by atoms with Crippen LogP contribution in [-0.2, 0) is 18.0 Å². The van der Waals surface area contributed by atoms with Gasteiger partial charge in [-0.3, -0.25) is 0 Å². The Morgan fingerprint density at radius 1 is 1.07 bits per heavy atom. The van der Waals surface area contributed by atoms with Gasteiger partial charge in [-0.25, -0.2) is 4.79 Å². The number of carbonyl (C=O) groups excluding carboxylic acids is 1. The van der Waals surface area contributed by atoms with Crippen molar-refractivity contribution in [1.29, 1.82) is 0 Å². The molecule has 4 aromatic rings. The van der Waals surface area contributed by atoms with E-state index in [1.54, 1.807) is 24.3 Å². The molecule has 0 aliphatic rings. The van der Waals surface area contributed by atoms with Crippen LogP contribution in [0, 0.1) is 13.8 Å². The third-order valence-corrected chi connectivity index (χ3v) is 4.91. The van der Waals surface area contributed by atoms with Crippen molar-refractivity contribution in [3.05, 3.63) is 69.6 Å². The Kier molecular flexibility index (Phi) is 5.39. The molecule has 0 unspecified atom stereocenters. The summed E-state index contributed by atoms with van der Waals surface area (Å²) in [5, 5.41) is 11.6. The van der Waals surface area contributed by atoms with Gasteiger partial charge in [0.25, 0.3) is 5.89 Å². The lowest BCUT2D eigenvalue weighted by Gasteiger charge is -2.07. The molecule has 0 fully saturated rings. The fourth-order valence-electron chi connectivity index (χ4n) is 2.58. The minimum absolute atomic E-state index is 0.0970. The van der Waals surface area contributed by atoms with Crippen molar-refractivity contribution in [2.24, 2.45) is 0 Å². The Hall–Kier alpha value is -3.46. The van der Waals surface area contributed by atoms with E-state index in [1.807, 2.05) is 30.7 Å². The van der Waals surface area contributed by atoms with Crippen LogP contribution in [0.2, 0.25) is 0 Å².